The Balaban J connectivity index is 1.61. The van der Waals surface area contributed by atoms with Gasteiger partial charge in [0.1, 0.15) is 25.8 Å². The van der Waals surface area contributed by atoms with Gasteiger partial charge in [0.2, 0.25) is 5.75 Å². The van der Waals surface area contributed by atoms with Crippen LogP contribution in [0.25, 0.3) is 0 Å². The Morgan fingerprint density at radius 2 is 1.39 bits per heavy atom. The van der Waals surface area contributed by atoms with E-state index in [1.807, 2.05) is 84.9 Å². The molecule has 0 saturated heterocycles. The predicted molar refractivity (Wildman–Crippen MR) is 135 cm³/mol. The lowest BCUT2D eigenvalue weighted by atomic mass is 9.95. The summed E-state index contributed by atoms with van der Waals surface area (Å²) in [5.74, 6) is 0.486. The first kappa shape index (κ1) is 22.9. The SMILES string of the molecule is O=C[C@@H](Cc1ncnc(OCc2ccccc2)c1OCc1ccccc1)c1ccc(I)cc1. The monoisotopic (exact) mass is 550 g/mol. The van der Waals surface area contributed by atoms with E-state index in [1.165, 1.54) is 6.33 Å². The largest absolute Gasteiger partial charge is 0.482 e. The van der Waals surface area contributed by atoms with Gasteiger partial charge in [0, 0.05) is 15.9 Å². The number of aromatic nitrogens is 2. The fraction of sp³-hybridized carbons (Fsp3) is 0.148. The van der Waals surface area contributed by atoms with Crippen molar-refractivity contribution in [2.75, 3.05) is 0 Å². The van der Waals surface area contributed by atoms with Gasteiger partial charge in [-0.2, -0.15) is 4.98 Å². The molecule has 0 aliphatic rings. The van der Waals surface area contributed by atoms with E-state index in [9.17, 15) is 4.79 Å². The number of nitrogens with zero attached hydrogens (tertiary/aromatic N) is 2. The highest BCUT2D eigenvalue weighted by molar-refractivity contribution is 14.1. The summed E-state index contributed by atoms with van der Waals surface area (Å²) >= 11 is 2.25. The third-order valence-electron chi connectivity index (χ3n) is 5.16. The molecular weight excluding hydrogens is 527 g/mol. The molecule has 166 valence electrons. The summed E-state index contributed by atoms with van der Waals surface area (Å²) in [4.78, 5) is 20.8. The van der Waals surface area contributed by atoms with Crippen LogP contribution in [0.3, 0.4) is 0 Å². The van der Waals surface area contributed by atoms with Gasteiger partial charge in [-0.1, -0.05) is 72.8 Å². The standard InChI is InChI=1S/C27H23IN2O3/c28-24-13-11-22(12-14-24)23(16-31)15-25-26(32-17-20-7-3-1-4-8-20)27(30-19-29-25)33-18-21-9-5-2-6-10-21/h1-14,16,19,23H,15,17-18H2/t23-/m1/s1. The van der Waals surface area contributed by atoms with Gasteiger partial charge in [0.25, 0.3) is 5.88 Å². The molecule has 0 spiro atoms. The highest BCUT2D eigenvalue weighted by atomic mass is 127. The highest BCUT2D eigenvalue weighted by Crippen LogP contribution is 2.32. The maximum absolute atomic E-state index is 12.0. The summed E-state index contributed by atoms with van der Waals surface area (Å²) in [5.41, 5.74) is 3.62. The van der Waals surface area contributed by atoms with Crippen LogP contribution in [0, 0.1) is 3.57 Å². The molecule has 0 N–H and O–H groups in total. The molecule has 0 bridgehead atoms. The number of carbonyl (C=O) groups excluding carboxylic acids is 1. The Bertz CT molecular complexity index is 1170. The van der Waals surface area contributed by atoms with Gasteiger partial charge in [0.15, 0.2) is 0 Å². The number of benzene rings is 3. The second kappa shape index (κ2) is 11.6. The molecule has 0 aliphatic heterocycles. The van der Waals surface area contributed by atoms with Crippen LogP contribution in [0.4, 0.5) is 0 Å². The molecule has 0 unspecified atom stereocenters. The van der Waals surface area contributed by atoms with Gasteiger partial charge < -0.3 is 14.3 Å². The van der Waals surface area contributed by atoms with E-state index in [1.54, 1.807) is 0 Å². The van der Waals surface area contributed by atoms with Crippen molar-refractivity contribution in [2.24, 2.45) is 0 Å². The number of carbonyl (C=O) groups is 1. The van der Waals surface area contributed by atoms with Crippen molar-refractivity contribution in [1.29, 1.82) is 0 Å². The van der Waals surface area contributed by atoms with Crippen LogP contribution in [0.5, 0.6) is 11.6 Å². The Labute approximate surface area is 207 Å². The number of rotatable bonds is 10. The Kier molecular flexibility index (Phi) is 8.03. The normalized spacial score (nSPS) is 11.5. The van der Waals surface area contributed by atoms with Crippen LogP contribution in [-0.4, -0.2) is 16.3 Å². The second-order valence-corrected chi connectivity index (χ2v) is 8.75. The Morgan fingerprint density at radius 3 is 2.00 bits per heavy atom. The molecule has 1 aromatic heterocycles. The summed E-state index contributed by atoms with van der Waals surface area (Å²) in [6.07, 6.45) is 2.80. The minimum Gasteiger partial charge on any atom is -0.482 e. The first-order valence-electron chi connectivity index (χ1n) is 10.6. The number of aldehydes is 1. The molecular formula is C27H23IN2O3. The highest BCUT2D eigenvalue weighted by Gasteiger charge is 2.20. The molecule has 4 aromatic rings. The topological polar surface area (TPSA) is 61.3 Å². The molecule has 0 fully saturated rings. The molecule has 33 heavy (non-hydrogen) atoms. The van der Waals surface area contributed by atoms with E-state index in [4.69, 9.17) is 9.47 Å². The van der Waals surface area contributed by atoms with Crippen molar-refractivity contribution < 1.29 is 14.3 Å². The van der Waals surface area contributed by atoms with E-state index in [2.05, 4.69) is 32.6 Å². The summed E-state index contributed by atoms with van der Waals surface area (Å²) in [7, 11) is 0. The number of hydrogen-bond donors (Lipinski definition) is 0. The fourth-order valence-corrected chi connectivity index (χ4v) is 3.76. The van der Waals surface area contributed by atoms with Crippen molar-refractivity contribution in [1.82, 2.24) is 9.97 Å². The van der Waals surface area contributed by atoms with Gasteiger partial charge >= 0.3 is 0 Å². The van der Waals surface area contributed by atoms with Gasteiger partial charge in [-0.15, -0.1) is 0 Å². The summed E-state index contributed by atoms with van der Waals surface area (Å²) < 4.78 is 13.3. The predicted octanol–water partition coefficient (Wildman–Crippen LogP) is 5.76. The maximum Gasteiger partial charge on any atom is 0.260 e. The Morgan fingerprint density at radius 1 is 0.788 bits per heavy atom. The molecule has 0 aliphatic carbocycles. The van der Waals surface area contributed by atoms with E-state index >= 15 is 0 Å². The van der Waals surface area contributed by atoms with E-state index in [-0.39, 0.29) is 5.92 Å². The van der Waals surface area contributed by atoms with Crippen LogP contribution in [-0.2, 0) is 24.4 Å². The summed E-state index contributed by atoms with van der Waals surface area (Å²) in [6, 6.07) is 27.7. The lowest BCUT2D eigenvalue weighted by Gasteiger charge is -2.17. The van der Waals surface area contributed by atoms with E-state index in [0.717, 1.165) is 26.5 Å². The molecule has 0 radical (unpaired) electrons. The average Bonchev–Trinajstić information content (AvgIpc) is 2.87. The van der Waals surface area contributed by atoms with Gasteiger partial charge in [0.05, 0.1) is 5.69 Å². The third-order valence-corrected chi connectivity index (χ3v) is 5.88. The first-order chi connectivity index (χ1) is 16.2. The summed E-state index contributed by atoms with van der Waals surface area (Å²) in [5, 5.41) is 0. The van der Waals surface area contributed by atoms with Crippen LogP contribution >= 0.6 is 22.6 Å². The molecule has 4 rings (SSSR count). The van der Waals surface area contributed by atoms with Crippen molar-refractivity contribution in [2.45, 2.75) is 25.6 Å². The smallest absolute Gasteiger partial charge is 0.260 e. The van der Waals surface area contributed by atoms with Crippen molar-refractivity contribution in [3.8, 4) is 11.6 Å². The zero-order chi connectivity index (χ0) is 22.9. The minimum atomic E-state index is -0.349. The van der Waals surface area contributed by atoms with E-state index in [0.29, 0.717) is 37.0 Å². The zero-order valence-corrected chi connectivity index (χ0v) is 20.1. The van der Waals surface area contributed by atoms with Crippen LogP contribution in [0.2, 0.25) is 0 Å². The maximum atomic E-state index is 12.0. The Hall–Kier alpha value is -3.26. The zero-order valence-electron chi connectivity index (χ0n) is 17.9. The van der Waals surface area contributed by atoms with Crippen LogP contribution in [0.15, 0.2) is 91.3 Å². The number of hydrogen-bond acceptors (Lipinski definition) is 5. The average molecular weight is 550 g/mol. The lowest BCUT2D eigenvalue weighted by molar-refractivity contribution is -0.109. The minimum absolute atomic E-state index is 0.345. The van der Waals surface area contributed by atoms with Crippen molar-refractivity contribution >= 4 is 28.9 Å². The quantitative estimate of drug-likeness (QED) is 0.186. The van der Waals surface area contributed by atoms with Crippen molar-refractivity contribution in [3.05, 3.63) is 117 Å². The van der Waals surface area contributed by atoms with E-state index < -0.39 is 0 Å². The van der Waals surface area contributed by atoms with Crippen LogP contribution < -0.4 is 9.47 Å². The molecule has 3 aromatic carbocycles. The summed E-state index contributed by atoms with van der Waals surface area (Å²) in [6.45, 7) is 0.700. The molecule has 0 amide bonds. The number of ether oxygens (including phenoxy) is 2. The lowest BCUT2D eigenvalue weighted by Crippen LogP contribution is -2.10. The van der Waals surface area contributed by atoms with Crippen LogP contribution in [0.1, 0.15) is 28.3 Å². The fourth-order valence-electron chi connectivity index (χ4n) is 3.40. The first-order valence-corrected chi connectivity index (χ1v) is 11.7. The van der Waals surface area contributed by atoms with Gasteiger partial charge in [-0.3, -0.25) is 0 Å². The molecule has 6 heteroatoms. The molecule has 5 nitrogen and oxygen atoms in total. The molecule has 0 saturated carbocycles. The van der Waals surface area contributed by atoms with Gasteiger partial charge in [-0.25, -0.2) is 4.98 Å². The molecule has 1 heterocycles. The number of halogens is 1. The second-order valence-electron chi connectivity index (χ2n) is 7.50. The van der Waals surface area contributed by atoms with Crippen molar-refractivity contribution in [3.63, 3.8) is 0 Å². The third kappa shape index (κ3) is 6.38. The molecule has 1 atom stereocenters. The van der Waals surface area contributed by atoms with Gasteiger partial charge in [-0.05, 0) is 51.4 Å².